The minimum Gasteiger partial charge on any atom is -0.293 e. The van der Waals surface area contributed by atoms with Gasteiger partial charge < -0.3 is 0 Å². The summed E-state index contributed by atoms with van der Waals surface area (Å²) in [6.07, 6.45) is 3.65. The lowest BCUT2D eigenvalue weighted by atomic mass is 9.95. The zero-order chi connectivity index (χ0) is 24.6. The second-order valence-electron chi connectivity index (χ2n) is 9.13. The first-order valence-corrected chi connectivity index (χ1v) is 12.4. The molecule has 7 rings (SSSR count). The van der Waals surface area contributed by atoms with Crippen LogP contribution >= 0.6 is 0 Å². The fourth-order valence-electron chi connectivity index (χ4n) is 5.19. The molecule has 0 amide bonds. The van der Waals surface area contributed by atoms with E-state index in [2.05, 4.69) is 119 Å². The van der Waals surface area contributed by atoms with E-state index in [9.17, 15) is 0 Å². The van der Waals surface area contributed by atoms with Crippen LogP contribution in [0.1, 0.15) is 0 Å². The lowest BCUT2D eigenvalue weighted by molar-refractivity contribution is 1.08. The van der Waals surface area contributed by atoms with Crippen molar-refractivity contribution in [1.29, 1.82) is 0 Å². The summed E-state index contributed by atoms with van der Waals surface area (Å²) in [6, 6.07) is 44.7. The van der Waals surface area contributed by atoms with Gasteiger partial charge in [-0.2, -0.15) is 0 Å². The Hall–Kier alpha value is -5.02. The fraction of sp³-hybridized carbons (Fsp3) is 0. The molecule has 0 radical (unpaired) electrons. The summed E-state index contributed by atoms with van der Waals surface area (Å²) in [5, 5.41) is 2.42. The highest BCUT2D eigenvalue weighted by atomic mass is 15.1. The van der Waals surface area contributed by atoms with Crippen LogP contribution < -0.4 is 0 Å². The minimum absolute atomic E-state index is 0.886. The third kappa shape index (κ3) is 3.69. The van der Waals surface area contributed by atoms with Crippen molar-refractivity contribution in [2.24, 2.45) is 0 Å². The Kier molecular flexibility index (Phi) is 5.11. The molecule has 37 heavy (non-hydrogen) atoms. The molecule has 0 spiro atoms. The number of benzene rings is 4. The molecule has 3 nitrogen and oxygen atoms in total. The summed E-state index contributed by atoms with van der Waals surface area (Å²) < 4.78 is 2.31. The predicted molar refractivity (Wildman–Crippen MR) is 153 cm³/mol. The summed E-state index contributed by atoms with van der Waals surface area (Å²) >= 11 is 0. The van der Waals surface area contributed by atoms with Gasteiger partial charge in [-0.3, -0.25) is 9.55 Å². The average Bonchev–Trinajstić information content (AvgIpc) is 3.32. The normalized spacial score (nSPS) is 11.2. The summed E-state index contributed by atoms with van der Waals surface area (Å²) in [6.45, 7) is 0. The molecule has 0 atom stereocenters. The van der Waals surface area contributed by atoms with Crippen LogP contribution in [0.2, 0.25) is 0 Å². The predicted octanol–water partition coefficient (Wildman–Crippen LogP) is 8.57. The highest BCUT2D eigenvalue weighted by Crippen LogP contribution is 2.41. The Labute approximate surface area is 215 Å². The number of nitrogens with zero attached hydrogens (tertiary/aromatic N) is 3. The molecule has 0 N–H and O–H groups in total. The van der Waals surface area contributed by atoms with E-state index in [0.29, 0.717) is 0 Å². The largest absolute Gasteiger partial charge is 0.293 e. The molecule has 7 aromatic rings. The number of aromatic nitrogens is 3. The van der Waals surface area contributed by atoms with E-state index in [1.54, 1.807) is 6.20 Å². The summed E-state index contributed by atoms with van der Waals surface area (Å²) in [7, 11) is 0. The maximum absolute atomic E-state index is 5.12. The van der Waals surface area contributed by atoms with E-state index < -0.39 is 0 Å². The second kappa shape index (κ2) is 8.89. The van der Waals surface area contributed by atoms with Crippen molar-refractivity contribution in [3.8, 4) is 39.3 Å². The van der Waals surface area contributed by atoms with Gasteiger partial charge in [0.25, 0.3) is 0 Å². The number of para-hydroxylation sites is 1. The Morgan fingerprint density at radius 2 is 1.24 bits per heavy atom. The lowest BCUT2D eigenvalue weighted by Gasteiger charge is -2.14. The monoisotopic (exact) mass is 473 g/mol. The molecule has 3 aromatic heterocycles. The van der Waals surface area contributed by atoms with Gasteiger partial charge >= 0.3 is 0 Å². The average molecular weight is 474 g/mol. The topological polar surface area (TPSA) is 30.7 Å². The zero-order valence-corrected chi connectivity index (χ0v) is 20.1. The van der Waals surface area contributed by atoms with Gasteiger partial charge in [-0.25, -0.2) is 4.98 Å². The molecule has 0 aliphatic rings. The van der Waals surface area contributed by atoms with Crippen molar-refractivity contribution in [1.82, 2.24) is 14.5 Å². The molecular weight excluding hydrogens is 450 g/mol. The van der Waals surface area contributed by atoms with Crippen molar-refractivity contribution in [3.05, 3.63) is 140 Å². The fourth-order valence-corrected chi connectivity index (χ4v) is 5.19. The van der Waals surface area contributed by atoms with Gasteiger partial charge in [-0.05, 0) is 59.2 Å². The van der Waals surface area contributed by atoms with Gasteiger partial charge in [0.2, 0.25) is 0 Å². The molecule has 174 valence electrons. The highest BCUT2D eigenvalue weighted by molar-refractivity contribution is 6.15. The van der Waals surface area contributed by atoms with Gasteiger partial charge in [0.15, 0.2) is 0 Å². The number of pyridine rings is 2. The standard InChI is InChI=1S/C34H23N3/c1-3-11-24(12-4-1)27-21-29(25-13-5-2-6-14-25)34-30(22-27)28-16-7-8-18-32(28)37(34)33-19-9-17-31(36-33)26-15-10-20-35-23-26/h1-23H. The van der Waals surface area contributed by atoms with Crippen LogP contribution in [0.4, 0.5) is 0 Å². The molecule has 0 fully saturated rings. The molecule has 0 saturated carbocycles. The van der Waals surface area contributed by atoms with Crippen molar-refractivity contribution in [2.45, 2.75) is 0 Å². The molecule has 0 unspecified atom stereocenters. The molecule has 0 bridgehead atoms. The Morgan fingerprint density at radius 3 is 2.03 bits per heavy atom. The molecule has 0 aliphatic heterocycles. The van der Waals surface area contributed by atoms with E-state index in [4.69, 9.17) is 4.98 Å². The van der Waals surface area contributed by atoms with Gasteiger partial charge in [0, 0.05) is 34.3 Å². The van der Waals surface area contributed by atoms with Crippen molar-refractivity contribution >= 4 is 21.8 Å². The molecular formula is C34H23N3. The molecule has 3 heteroatoms. The number of hydrogen-bond acceptors (Lipinski definition) is 2. The maximum atomic E-state index is 5.12. The lowest BCUT2D eigenvalue weighted by Crippen LogP contribution is -2.00. The zero-order valence-electron chi connectivity index (χ0n) is 20.1. The van der Waals surface area contributed by atoms with Gasteiger partial charge in [-0.15, -0.1) is 0 Å². The van der Waals surface area contributed by atoms with Crippen LogP contribution in [0.3, 0.4) is 0 Å². The van der Waals surface area contributed by atoms with Crippen LogP contribution in [-0.2, 0) is 0 Å². The number of hydrogen-bond donors (Lipinski definition) is 0. The van der Waals surface area contributed by atoms with Crippen molar-refractivity contribution in [3.63, 3.8) is 0 Å². The summed E-state index contributed by atoms with van der Waals surface area (Å²) in [4.78, 5) is 9.42. The quantitative estimate of drug-likeness (QED) is 0.256. The summed E-state index contributed by atoms with van der Waals surface area (Å²) in [5.41, 5.74) is 8.96. The van der Waals surface area contributed by atoms with Crippen LogP contribution in [0.15, 0.2) is 140 Å². The number of rotatable bonds is 4. The van der Waals surface area contributed by atoms with Crippen LogP contribution in [0.25, 0.3) is 61.1 Å². The maximum Gasteiger partial charge on any atom is 0.138 e. The highest BCUT2D eigenvalue weighted by Gasteiger charge is 2.19. The Morgan fingerprint density at radius 1 is 0.514 bits per heavy atom. The smallest absolute Gasteiger partial charge is 0.138 e. The molecule has 4 aromatic carbocycles. The Balaban J connectivity index is 1.59. The first-order valence-electron chi connectivity index (χ1n) is 12.4. The van der Waals surface area contributed by atoms with Crippen molar-refractivity contribution < 1.29 is 0 Å². The third-order valence-corrected chi connectivity index (χ3v) is 6.88. The minimum atomic E-state index is 0.886. The van der Waals surface area contributed by atoms with Crippen LogP contribution in [-0.4, -0.2) is 14.5 Å². The third-order valence-electron chi connectivity index (χ3n) is 6.88. The Bertz CT molecular complexity index is 1850. The van der Waals surface area contributed by atoms with E-state index in [0.717, 1.165) is 28.1 Å². The number of fused-ring (bicyclic) bond motifs is 3. The van der Waals surface area contributed by atoms with E-state index in [1.165, 1.54) is 33.0 Å². The van der Waals surface area contributed by atoms with Crippen LogP contribution in [0, 0.1) is 0 Å². The van der Waals surface area contributed by atoms with Crippen molar-refractivity contribution in [2.75, 3.05) is 0 Å². The first-order chi connectivity index (χ1) is 18.4. The first kappa shape index (κ1) is 21.3. The van der Waals surface area contributed by atoms with Crippen LogP contribution in [0.5, 0.6) is 0 Å². The van der Waals surface area contributed by atoms with E-state index in [1.807, 2.05) is 24.4 Å². The van der Waals surface area contributed by atoms with E-state index >= 15 is 0 Å². The van der Waals surface area contributed by atoms with Gasteiger partial charge in [0.1, 0.15) is 5.82 Å². The second-order valence-corrected chi connectivity index (χ2v) is 9.13. The van der Waals surface area contributed by atoms with E-state index in [-0.39, 0.29) is 0 Å². The molecule has 0 saturated heterocycles. The summed E-state index contributed by atoms with van der Waals surface area (Å²) in [5.74, 6) is 0.886. The molecule has 3 heterocycles. The van der Waals surface area contributed by atoms with Gasteiger partial charge in [0.05, 0.1) is 16.7 Å². The molecule has 0 aliphatic carbocycles. The van der Waals surface area contributed by atoms with Gasteiger partial charge in [-0.1, -0.05) is 84.9 Å². The SMILES string of the molecule is c1ccc(-c2cc(-c3ccccc3)c3c(c2)c2ccccc2n3-c2cccc(-c3cccnc3)n2)cc1.